The number of nitrogens with one attached hydrogen (secondary N) is 3. The molecule has 0 aliphatic rings. The van der Waals surface area contributed by atoms with E-state index in [-0.39, 0.29) is 0 Å². The van der Waals surface area contributed by atoms with Crippen molar-refractivity contribution in [3.8, 4) is 5.75 Å². The summed E-state index contributed by atoms with van der Waals surface area (Å²) in [4.78, 5) is 0. The van der Waals surface area contributed by atoms with Crippen LogP contribution in [0, 0.1) is 13.8 Å². The highest BCUT2D eigenvalue weighted by Crippen LogP contribution is 2.16. The highest BCUT2D eigenvalue weighted by atomic mass is 32.1. The zero-order valence-electron chi connectivity index (χ0n) is 13.1. The first-order valence-electron chi connectivity index (χ1n) is 7.21. The molecule has 0 heterocycles. The number of hydrogen-bond donors (Lipinski definition) is 3. The van der Waals surface area contributed by atoms with Gasteiger partial charge in [-0.05, 0) is 68.9 Å². The largest absolute Gasteiger partial charge is 0.494 e. The van der Waals surface area contributed by atoms with Gasteiger partial charge in [0.05, 0.1) is 12.3 Å². The zero-order valence-corrected chi connectivity index (χ0v) is 13.9. The monoisotopic (exact) mass is 315 g/mol. The van der Waals surface area contributed by atoms with E-state index in [2.05, 4.69) is 42.1 Å². The summed E-state index contributed by atoms with van der Waals surface area (Å²) in [5.41, 5.74) is 10.4. The number of hydrogen-bond acceptors (Lipinski definition) is 3. The van der Waals surface area contributed by atoms with E-state index in [1.54, 1.807) is 0 Å². The average molecular weight is 315 g/mol. The molecule has 0 aliphatic heterocycles. The summed E-state index contributed by atoms with van der Waals surface area (Å²) in [6, 6.07) is 13.9. The molecule has 2 aromatic carbocycles. The summed E-state index contributed by atoms with van der Waals surface area (Å²) in [5, 5.41) is 3.62. The normalized spacial score (nSPS) is 9.95. The molecular weight excluding hydrogens is 294 g/mol. The van der Waals surface area contributed by atoms with Gasteiger partial charge in [0, 0.05) is 5.69 Å². The second-order valence-corrected chi connectivity index (χ2v) is 5.39. The molecule has 3 N–H and O–H groups in total. The van der Waals surface area contributed by atoms with Gasteiger partial charge in [-0.2, -0.15) is 0 Å². The van der Waals surface area contributed by atoms with Crippen LogP contribution >= 0.6 is 12.2 Å². The van der Waals surface area contributed by atoms with Crippen LogP contribution in [0.5, 0.6) is 5.75 Å². The SMILES string of the molecule is CCOc1ccc(NC(=S)NNc2ccc(C)cc2C)cc1. The number of benzene rings is 2. The molecule has 0 fully saturated rings. The van der Waals surface area contributed by atoms with E-state index in [0.717, 1.165) is 22.7 Å². The number of hydrazine groups is 1. The third-order valence-electron chi connectivity index (χ3n) is 3.12. The van der Waals surface area contributed by atoms with Gasteiger partial charge in [-0.1, -0.05) is 17.7 Å². The van der Waals surface area contributed by atoms with E-state index >= 15 is 0 Å². The molecule has 0 saturated carbocycles. The molecule has 0 atom stereocenters. The van der Waals surface area contributed by atoms with Gasteiger partial charge in [-0.15, -0.1) is 0 Å². The van der Waals surface area contributed by atoms with Crippen molar-refractivity contribution in [2.45, 2.75) is 20.8 Å². The lowest BCUT2D eigenvalue weighted by molar-refractivity contribution is 0.340. The van der Waals surface area contributed by atoms with Crippen LogP contribution in [-0.2, 0) is 0 Å². The summed E-state index contributed by atoms with van der Waals surface area (Å²) in [6.45, 7) is 6.75. The first-order chi connectivity index (χ1) is 10.6. The standard InChI is InChI=1S/C17H21N3OS/c1-4-21-15-8-6-14(7-9-15)18-17(22)20-19-16-10-5-12(2)11-13(16)3/h5-11,19H,4H2,1-3H3,(H2,18,20,22). The van der Waals surface area contributed by atoms with Gasteiger partial charge in [0.1, 0.15) is 5.75 Å². The third-order valence-corrected chi connectivity index (χ3v) is 3.32. The van der Waals surface area contributed by atoms with E-state index in [0.29, 0.717) is 11.7 Å². The van der Waals surface area contributed by atoms with Crippen LogP contribution in [-0.4, -0.2) is 11.7 Å². The van der Waals surface area contributed by atoms with Gasteiger partial charge < -0.3 is 10.1 Å². The number of rotatable bonds is 5. The first-order valence-corrected chi connectivity index (χ1v) is 7.62. The molecule has 0 aromatic heterocycles. The minimum absolute atomic E-state index is 0.504. The van der Waals surface area contributed by atoms with Crippen molar-refractivity contribution in [3.05, 3.63) is 53.6 Å². The third kappa shape index (κ3) is 4.63. The molecule has 0 unspecified atom stereocenters. The van der Waals surface area contributed by atoms with E-state index in [4.69, 9.17) is 17.0 Å². The van der Waals surface area contributed by atoms with Crippen LogP contribution in [0.25, 0.3) is 0 Å². The van der Waals surface area contributed by atoms with Crippen molar-refractivity contribution in [2.24, 2.45) is 0 Å². The van der Waals surface area contributed by atoms with Crippen molar-refractivity contribution in [1.82, 2.24) is 5.43 Å². The van der Waals surface area contributed by atoms with Crippen LogP contribution in [0.2, 0.25) is 0 Å². The topological polar surface area (TPSA) is 45.3 Å². The Morgan fingerprint density at radius 3 is 2.45 bits per heavy atom. The van der Waals surface area contributed by atoms with Crippen LogP contribution in [0.3, 0.4) is 0 Å². The molecule has 0 aliphatic carbocycles. The van der Waals surface area contributed by atoms with Gasteiger partial charge in [0.25, 0.3) is 0 Å². The average Bonchev–Trinajstić information content (AvgIpc) is 2.49. The Kier molecular flexibility index (Phi) is 5.61. The predicted molar refractivity (Wildman–Crippen MR) is 96.5 cm³/mol. The van der Waals surface area contributed by atoms with Gasteiger partial charge in [0.15, 0.2) is 5.11 Å². The van der Waals surface area contributed by atoms with Gasteiger partial charge in [-0.3, -0.25) is 10.9 Å². The summed E-state index contributed by atoms with van der Waals surface area (Å²) < 4.78 is 5.41. The molecule has 0 spiro atoms. The highest BCUT2D eigenvalue weighted by molar-refractivity contribution is 7.80. The second-order valence-electron chi connectivity index (χ2n) is 4.98. The van der Waals surface area contributed by atoms with E-state index in [1.165, 1.54) is 5.56 Å². The summed E-state index contributed by atoms with van der Waals surface area (Å²) in [7, 11) is 0. The molecule has 0 bridgehead atoms. The fourth-order valence-electron chi connectivity index (χ4n) is 2.04. The highest BCUT2D eigenvalue weighted by Gasteiger charge is 2.01. The molecule has 2 rings (SSSR count). The van der Waals surface area contributed by atoms with Crippen LogP contribution in [0.15, 0.2) is 42.5 Å². The maximum absolute atomic E-state index is 5.41. The number of anilines is 2. The Bertz CT molecular complexity index is 641. The van der Waals surface area contributed by atoms with Crippen molar-refractivity contribution in [3.63, 3.8) is 0 Å². The Labute approximate surface area is 136 Å². The van der Waals surface area contributed by atoms with Gasteiger partial charge in [-0.25, -0.2) is 0 Å². The Morgan fingerprint density at radius 1 is 1.09 bits per heavy atom. The van der Waals surface area contributed by atoms with Crippen molar-refractivity contribution in [1.29, 1.82) is 0 Å². The van der Waals surface area contributed by atoms with E-state index < -0.39 is 0 Å². The number of aryl methyl sites for hydroxylation is 2. The summed E-state index contributed by atoms with van der Waals surface area (Å²) in [5.74, 6) is 0.848. The quantitative estimate of drug-likeness (QED) is 0.575. The molecule has 4 nitrogen and oxygen atoms in total. The smallest absolute Gasteiger partial charge is 0.189 e. The molecule has 0 radical (unpaired) electrons. The predicted octanol–water partition coefficient (Wildman–Crippen LogP) is 4.02. The molecule has 0 saturated heterocycles. The van der Waals surface area contributed by atoms with Crippen LogP contribution in [0.1, 0.15) is 18.1 Å². The Hall–Kier alpha value is -2.27. The van der Waals surface area contributed by atoms with Crippen molar-refractivity contribution < 1.29 is 4.74 Å². The fourth-order valence-corrected chi connectivity index (χ4v) is 2.21. The fraction of sp³-hybridized carbons (Fsp3) is 0.235. The molecule has 5 heteroatoms. The molecule has 116 valence electrons. The number of ether oxygens (including phenoxy) is 1. The molecule has 22 heavy (non-hydrogen) atoms. The lowest BCUT2D eigenvalue weighted by Crippen LogP contribution is -2.33. The zero-order chi connectivity index (χ0) is 15.9. The maximum Gasteiger partial charge on any atom is 0.189 e. The second kappa shape index (κ2) is 7.66. The van der Waals surface area contributed by atoms with Crippen LogP contribution < -0.4 is 20.9 Å². The van der Waals surface area contributed by atoms with Gasteiger partial charge >= 0.3 is 0 Å². The first kappa shape index (κ1) is 16.1. The lowest BCUT2D eigenvalue weighted by atomic mass is 10.1. The summed E-state index contributed by atoms with van der Waals surface area (Å²) >= 11 is 5.27. The number of thiocarbonyl (C=S) groups is 1. The summed E-state index contributed by atoms with van der Waals surface area (Å²) in [6.07, 6.45) is 0. The van der Waals surface area contributed by atoms with Crippen molar-refractivity contribution in [2.75, 3.05) is 17.3 Å². The van der Waals surface area contributed by atoms with Crippen LogP contribution in [0.4, 0.5) is 11.4 Å². The van der Waals surface area contributed by atoms with Crippen molar-refractivity contribution >= 4 is 28.7 Å². The lowest BCUT2D eigenvalue weighted by Gasteiger charge is -2.14. The van der Waals surface area contributed by atoms with E-state index in [9.17, 15) is 0 Å². The Balaban J connectivity index is 1.87. The van der Waals surface area contributed by atoms with Gasteiger partial charge in [0.2, 0.25) is 0 Å². The maximum atomic E-state index is 5.41. The molecule has 0 amide bonds. The minimum atomic E-state index is 0.504. The van der Waals surface area contributed by atoms with E-state index in [1.807, 2.05) is 37.3 Å². The minimum Gasteiger partial charge on any atom is -0.494 e. The Morgan fingerprint density at radius 2 is 1.82 bits per heavy atom. The molecule has 2 aromatic rings. The molecular formula is C17H21N3OS.